The minimum absolute atomic E-state index is 0.132. The SMILES string of the molecule is Cc1ccnc(NC(=O)c2sccc2NS(=O)(=O)c2ccccc2)c1. The Bertz CT molecular complexity index is 999. The number of carbonyl (C=O) groups is 1. The third kappa shape index (κ3) is 4.04. The van der Waals surface area contributed by atoms with Gasteiger partial charge in [-0.2, -0.15) is 0 Å². The van der Waals surface area contributed by atoms with Crippen LogP contribution in [0.1, 0.15) is 15.2 Å². The molecular weight excluding hydrogens is 358 g/mol. The highest BCUT2D eigenvalue weighted by atomic mass is 32.2. The number of pyridine rings is 1. The monoisotopic (exact) mass is 373 g/mol. The molecule has 0 fully saturated rings. The van der Waals surface area contributed by atoms with Crippen molar-refractivity contribution in [3.05, 3.63) is 70.5 Å². The number of aromatic nitrogens is 1. The van der Waals surface area contributed by atoms with E-state index in [0.717, 1.165) is 16.9 Å². The van der Waals surface area contributed by atoms with Crippen molar-refractivity contribution in [1.29, 1.82) is 0 Å². The largest absolute Gasteiger partial charge is 0.306 e. The van der Waals surface area contributed by atoms with Gasteiger partial charge in [-0.1, -0.05) is 18.2 Å². The Balaban J connectivity index is 1.82. The van der Waals surface area contributed by atoms with Crippen LogP contribution >= 0.6 is 11.3 Å². The second-order valence-corrected chi connectivity index (χ2v) is 7.85. The molecule has 0 aliphatic rings. The van der Waals surface area contributed by atoms with E-state index in [0.29, 0.717) is 5.82 Å². The third-order valence-electron chi connectivity index (χ3n) is 3.33. The maximum Gasteiger partial charge on any atom is 0.269 e. The van der Waals surface area contributed by atoms with Crippen LogP contribution in [-0.4, -0.2) is 19.3 Å². The maximum absolute atomic E-state index is 12.5. The number of aryl methyl sites for hydroxylation is 1. The number of nitrogens with one attached hydrogen (secondary N) is 2. The van der Waals surface area contributed by atoms with Crippen molar-refractivity contribution in [2.75, 3.05) is 10.0 Å². The van der Waals surface area contributed by atoms with Crippen molar-refractivity contribution in [1.82, 2.24) is 4.98 Å². The van der Waals surface area contributed by atoms with Gasteiger partial charge in [-0.05, 0) is 48.2 Å². The third-order valence-corrected chi connectivity index (χ3v) is 5.62. The quantitative estimate of drug-likeness (QED) is 0.716. The number of benzene rings is 1. The van der Waals surface area contributed by atoms with Crippen molar-refractivity contribution in [2.24, 2.45) is 0 Å². The normalized spacial score (nSPS) is 11.1. The van der Waals surface area contributed by atoms with E-state index in [9.17, 15) is 13.2 Å². The molecule has 0 atom stereocenters. The highest BCUT2D eigenvalue weighted by molar-refractivity contribution is 7.92. The molecule has 3 aromatic rings. The smallest absolute Gasteiger partial charge is 0.269 e. The summed E-state index contributed by atoms with van der Waals surface area (Å²) in [5.74, 6) is -0.00544. The molecule has 6 nitrogen and oxygen atoms in total. The Morgan fingerprint density at radius 2 is 1.88 bits per heavy atom. The number of amides is 1. The molecule has 0 saturated carbocycles. The molecule has 0 aliphatic heterocycles. The zero-order valence-electron chi connectivity index (χ0n) is 13.3. The molecule has 25 heavy (non-hydrogen) atoms. The molecule has 2 N–H and O–H groups in total. The lowest BCUT2D eigenvalue weighted by Gasteiger charge is -2.09. The standard InChI is InChI=1S/C17H15N3O3S2/c1-12-7-9-18-15(11-12)19-17(21)16-14(8-10-24-16)20-25(22,23)13-5-3-2-4-6-13/h2-11,20H,1H3,(H,18,19,21). The first-order valence-electron chi connectivity index (χ1n) is 7.35. The van der Waals surface area contributed by atoms with Gasteiger partial charge >= 0.3 is 0 Å². The van der Waals surface area contributed by atoms with Gasteiger partial charge in [-0.25, -0.2) is 13.4 Å². The zero-order valence-corrected chi connectivity index (χ0v) is 14.9. The van der Waals surface area contributed by atoms with E-state index in [2.05, 4.69) is 15.0 Å². The molecule has 0 saturated heterocycles. The highest BCUT2D eigenvalue weighted by Gasteiger charge is 2.20. The number of rotatable bonds is 5. The first-order valence-corrected chi connectivity index (χ1v) is 9.71. The summed E-state index contributed by atoms with van der Waals surface area (Å²) in [6.45, 7) is 1.89. The molecule has 0 bridgehead atoms. The summed E-state index contributed by atoms with van der Waals surface area (Å²) >= 11 is 1.15. The molecule has 8 heteroatoms. The first-order chi connectivity index (χ1) is 12.0. The molecule has 2 aromatic heterocycles. The van der Waals surface area contributed by atoms with Crippen molar-refractivity contribution in [3.8, 4) is 0 Å². The van der Waals surface area contributed by atoms with E-state index in [4.69, 9.17) is 0 Å². The molecule has 0 unspecified atom stereocenters. The lowest BCUT2D eigenvalue weighted by Crippen LogP contribution is -2.17. The molecule has 1 amide bonds. The molecule has 0 aliphatic carbocycles. The minimum atomic E-state index is -3.76. The summed E-state index contributed by atoms with van der Waals surface area (Å²) in [6, 6.07) is 13.1. The molecule has 128 valence electrons. The van der Waals surface area contributed by atoms with Crippen molar-refractivity contribution in [2.45, 2.75) is 11.8 Å². The molecule has 2 heterocycles. The highest BCUT2D eigenvalue weighted by Crippen LogP contribution is 2.26. The molecule has 1 aromatic carbocycles. The lowest BCUT2D eigenvalue weighted by atomic mass is 10.3. The Hall–Kier alpha value is -2.71. The summed E-state index contributed by atoms with van der Waals surface area (Å²) < 4.78 is 27.3. The van der Waals surface area contributed by atoms with Gasteiger partial charge in [-0.3, -0.25) is 9.52 Å². The Morgan fingerprint density at radius 1 is 1.12 bits per heavy atom. The Kier molecular flexibility index (Phi) is 4.82. The second kappa shape index (κ2) is 7.04. The average molecular weight is 373 g/mol. The predicted octanol–water partition coefficient (Wildman–Crippen LogP) is 3.50. The predicted molar refractivity (Wildman–Crippen MR) is 98.5 cm³/mol. The summed E-state index contributed by atoms with van der Waals surface area (Å²) in [7, 11) is -3.76. The molecule has 0 radical (unpaired) electrons. The van der Waals surface area contributed by atoms with Crippen LogP contribution in [0.3, 0.4) is 0 Å². The van der Waals surface area contributed by atoms with E-state index >= 15 is 0 Å². The summed E-state index contributed by atoms with van der Waals surface area (Å²) in [5, 5.41) is 4.33. The fourth-order valence-electron chi connectivity index (χ4n) is 2.15. The van der Waals surface area contributed by atoms with E-state index in [1.54, 1.807) is 41.9 Å². The molecular formula is C17H15N3O3S2. The Morgan fingerprint density at radius 3 is 2.60 bits per heavy atom. The van der Waals surface area contributed by atoms with Gasteiger partial charge in [-0.15, -0.1) is 11.3 Å². The fourth-order valence-corrected chi connectivity index (χ4v) is 4.05. The summed E-state index contributed by atoms with van der Waals surface area (Å²) in [5.41, 5.74) is 1.19. The fraction of sp³-hybridized carbons (Fsp3) is 0.0588. The van der Waals surface area contributed by atoms with Gasteiger partial charge in [0.25, 0.3) is 15.9 Å². The van der Waals surface area contributed by atoms with Crippen molar-refractivity contribution >= 4 is 38.8 Å². The zero-order chi connectivity index (χ0) is 17.9. The van der Waals surface area contributed by atoms with Gasteiger partial charge in [0.05, 0.1) is 10.6 Å². The molecule has 0 spiro atoms. The van der Waals surface area contributed by atoms with Gasteiger partial charge in [0.15, 0.2) is 0 Å². The lowest BCUT2D eigenvalue weighted by molar-refractivity contribution is 0.103. The maximum atomic E-state index is 12.5. The Labute approximate surface area is 149 Å². The van der Waals surface area contributed by atoms with Crippen LogP contribution in [0.5, 0.6) is 0 Å². The van der Waals surface area contributed by atoms with Crippen LogP contribution in [0.4, 0.5) is 11.5 Å². The van der Waals surface area contributed by atoms with Gasteiger partial charge in [0.1, 0.15) is 10.7 Å². The number of nitrogens with zero attached hydrogens (tertiary/aromatic N) is 1. The number of hydrogen-bond donors (Lipinski definition) is 2. The van der Waals surface area contributed by atoms with Crippen LogP contribution in [0.25, 0.3) is 0 Å². The van der Waals surface area contributed by atoms with Gasteiger partial charge in [0, 0.05) is 6.20 Å². The minimum Gasteiger partial charge on any atom is -0.306 e. The number of carbonyl (C=O) groups excluding carboxylic acids is 1. The van der Waals surface area contributed by atoms with E-state index in [1.165, 1.54) is 12.1 Å². The topological polar surface area (TPSA) is 88.2 Å². The summed E-state index contributed by atoms with van der Waals surface area (Å²) in [4.78, 5) is 16.9. The molecule has 3 rings (SSSR count). The average Bonchev–Trinajstić information content (AvgIpc) is 3.03. The van der Waals surface area contributed by atoms with E-state index in [1.807, 2.05) is 13.0 Å². The second-order valence-electron chi connectivity index (χ2n) is 5.25. The van der Waals surface area contributed by atoms with Crippen LogP contribution < -0.4 is 10.0 Å². The van der Waals surface area contributed by atoms with Gasteiger partial charge in [0.2, 0.25) is 0 Å². The van der Waals surface area contributed by atoms with Crippen LogP contribution in [0.15, 0.2) is 65.0 Å². The van der Waals surface area contributed by atoms with E-state index < -0.39 is 15.9 Å². The number of thiophene rings is 1. The van der Waals surface area contributed by atoms with E-state index in [-0.39, 0.29) is 15.5 Å². The van der Waals surface area contributed by atoms with Crippen LogP contribution in [0, 0.1) is 6.92 Å². The van der Waals surface area contributed by atoms with Crippen LogP contribution in [0.2, 0.25) is 0 Å². The number of sulfonamides is 1. The van der Waals surface area contributed by atoms with Crippen molar-refractivity contribution in [3.63, 3.8) is 0 Å². The number of anilines is 2. The summed E-state index contributed by atoms with van der Waals surface area (Å²) in [6.07, 6.45) is 1.60. The van der Waals surface area contributed by atoms with Gasteiger partial charge < -0.3 is 5.32 Å². The number of hydrogen-bond acceptors (Lipinski definition) is 5. The van der Waals surface area contributed by atoms with Crippen molar-refractivity contribution < 1.29 is 13.2 Å². The first kappa shape index (κ1) is 17.1. The van der Waals surface area contributed by atoms with Crippen LogP contribution in [-0.2, 0) is 10.0 Å².